The summed E-state index contributed by atoms with van der Waals surface area (Å²) in [5.41, 5.74) is 0.581. The molecule has 140 valence electrons. The number of carbonyl (C=O) groups excluding carboxylic acids is 1. The van der Waals surface area contributed by atoms with Gasteiger partial charge in [-0.1, -0.05) is 48.0 Å². The van der Waals surface area contributed by atoms with Crippen molar-refractivity contribution in [2.24, 2.45) is 0 Å². The lowest BCUT2D eigenvalue weighted by Gasteiger charge is -2.27. The normalized spacial score (nSPS) is 12.8. The minimum Gasteiger partial charge on any atom is -0.351 e. The number of carbonyl (C=O) groups is 1. The quantitative estimate of drug-likeness (QED) is 0.778. The molecule has 8 heteroatoms. The Hall–Kier alpha value is -1.96. The molecule has 0 fully saturated rings. The van der Waals surface area contributed by atoms with Gasteiger partial charge >= 0.3 is 0 Å². The van der Waals surface area contributed by atoms with E-state index in [1.165, 1.54) is 16.4 Å². The van der Waals surface area contributed by atoms with Crippen molar-refractivity contribution >= 4 is 27.5 Å². The summed E-state index contributed by atoms with van der Waals surface area (Å²) in [6, 6.07) is 12.7. The van der Waals surface area contributed by atoms with Gasteiger partial charge in [0.1, 0.15) is 5.82 Å². The van der Waals surface area contributed by atoms with Crippen molar-refractivity contribution in [3.63, 3.8) is 0 Å². The maximum absolute atomic E-state index is 13.8. The molecule has 0 radical (unpaired) electrons. The molecule has 2 aromatic rings. The molecule has 1 unspecified atom stereocenters. The van der Waals surface area contributed by atoms with Crippen molar-refractivity contribution in [3.05, 3.63) is 70.5 Å². The average molecular weight is 399 g/mol. The number of hydrogen-bond acceptors (Lipinski definition) is 3. The monoisotopic (exact) mass is 398 g/mol. The average Bonchev–Trinajstić information content (AvgIpc) is 2.57. The highest BCUT2D eigenvalue weighted by atomic mass is 35.5. The van der Waals surface area contributed by atoms with E-state index in [0.29, 0.717) is 0 Å². The van der Waals surface area contributed by atoms with Gasteiger partial charge in [-0.25, -0.2) is 12.8 Å². The predicted octanol–water partition coefficient (Wildman–Crippen LogP) is 3.23. The predicted molar refractivity (Wildman–Crippen MR) is 100 cm³/mol. The highest BCUT2D eigenvalue weighted by molar-refractivity contribution is 7.88. The fraction of sp³-hybridized carbons (Fsp3) is 0.278. The van der Waals surface area contributed by atoms with Crippen LogP contribution in [0.3, 0.4) is 0 Å². The molecule has 0 aliphatic heterocycles. The number of halogens is 2. The van der Waals surface area contributed by atoms with Crippen LogP contribution in [0.25, 0.3) is 0 Å². The first-order valence-corrected chi connectivity index (χ1v) is 10.2. The summed E-state index contributed by atoms with van der Waals surface area (Å²) in [6.45, 7) is 1.84. The summed E-state index contributed by atoms with van der Waals surface area (Å²) in [5, 5.41) is 2.52. The second-order valence-electron chi connectivity index (χ2n) is 5.81. The van der Waals surface area contributed by atoms with Crippen LogP contribution in [0.4, 0.5) is 4.39 Å². The first-order chi connectivity index (χ1) is 12.2. The number of sulfonamides is 1. The summed E-state index contributed by atoms with van der Waals surface area (Å²) >= 11 is 5.86. The minimum absolute atomic E-state index is 0.000114. The van der Waals surface area contributed by atoms with E-state index in [4.69, 9.17) is 11.6 Å². The highest BCUT2D eigenvalue weighted by Gasteiger charge is 2.24. The van der Waals surface area contributed by atoms with Crippen LogP contribution in [0.15, 0.2) is 48.5 Å². The second kappa shape index (κ2) is 8.62. The van der Waals surface area contributed by atoms with Crippen LogP contribution in [0, 0.1) is 5.82 Å². The molecule has 0 heterocycles. The molecule has 0 spiro atoms. The SMILES string of the molecule is CC(c1ccccc1)N(CCNC(=O)c1c(F)cccc1Cl)S(C)(=O)=O. The van der Waals surface area contributed by atoms with Gasteiger partial charge in [-0.05, 0) is 24.6 Å². The van der Waals surface area contributed by atoms with Gasteiger partial charge in [0.25, 0.3) is 5.91 Å². The summed E-state index contributed by atoms with van der Waals surface area (Å²) in [6.07, 6.45) is 1.11. The fourth-order valence-electron chi connectivity index (χ4n) is 2.63. The van der Waals surface area contributed by atoms with Crippen molar-refractivity contribution in [1.82, 2.24) is 9.62 Å². The number of nitrogens with zero attached hydrogens (tertiary/aromatic N) is 1. The fourth-order valence-corrected chi connectivity index (χ4v) is 4.00. The van der Waals surface area contributed by atoms with E-state index in [2.05, 4.69) is 5.32 Å². The van der Waals surface area contributed by atoms with Crippen LogP contribution >= 0.6 is 11.6 Å². The molecular formula is C18H20ClFN2O3S. The van der Waals surface area contributed by atoms with Crippen molar-refractivity contribution in [2.75, 3.05) is 19.3 Å². The van der Waals surface area contributed by atoms with E-state index >= 15 is 0 Å². The zero-order chi connectivity index (χ0) is 19.3. The summed E-state index contributed by atoms with van der Waals surface area (Å²) in [4.78, 5) is 12.2. The molecule has 0 bridgehead atoms. The van der Waals surface area contributed by atoms with Gasteiger partial charge in [0, 0.05) is 19.1 Å². The third kappa shape index (κ3) is 5.03. The van der Waals surface area contributed by atoms with Gasteiger partial charge in [0.05, 0.1) is 16.8 Å². The second-order valence-corrected chi connectivity index (χ2v) is 8.16. The lowest BCUT2D eigenvalue weighted by atomic mass is 10.1. The molecule has 5 nitrogen and oxygen atoms in total. The van der Waals surface area contributed by atoms with Gasteiger partial charge < -0.3 is 5.32 Å². The third-order valence-corrected chi connectivity index (χ3v) is 5.61. The Bertz CT molecular complexity index is 855. The zero-order valence-electron chi connectivity index (χ0n) is 14.4. The summed E-state index contributed by atoms with van der Waals surface area (Å²) in [5.74, 6) is -1.42. The van der Waals surface area contributed by atoms with Gasteiger partial charge in [-0.15, -0.1) is 0 Å². The Kier molecular flexibility index (Phi) is 6.75. The van der Waals surface area contributed by atoms with Crippen molar-refractivity contribution in [2.45, 2.75) is 13.0 Å². The van der Waals surface area contributed by atoms with Gasteiger partial charge in [0.15, 0.2) is 0 Å². The van der Waals surface area contributed by atoms with Crippen molar-refractivity contribution < 1.29 is 17.6 Å². The Labute approximate surface area is 157 Å². The largest absolute Gasteiger partial charge is 0.351 e. The van der Waals surface area contributed by atoms with Gasteiger partial charge in [0.2, 0.25) is 10.0 Å². The molecule has 0 aliphatic carbocycles. The van der Waals surface area contributed by atoms with E-state index < -0.39 is 27.8 Å². The van der Waals surface area contributed by atoms with Crippen LogP contribution in [0.2, 0.25) is 5.02 Å². The Morgan fingerprint density at radius 3 is 2.42 bits per heavy atom. The molecule has 0 aromatic heterocycles. The molecule has 1 atom stereocenters. The molecule has 2 rings (SSSR count). The van der Waals surface area contributed by atoms with E-state index in [0.717, 1.165) is 17.9 Å². The maximum Gasteiger partial charge on any atom is 0.255 e. The molecule has 26 heavy (non-hydrogen) atoms. The van der Waals surface area contributed by atoms with Gasteiger partial charge in [-0.2, -0.15) is 4.31 Å². The van der Waals surface area contributed by atoms with Crippen LogP contribution in [0.1, 0.15) is 28.9 Å². The third-order valence-electron chi connectivity index (χ3n) is 3.95. The number of benzene rings is 2. The molecule has 2 aromatic carbocycles. The lowest BCUT2D eigenvalue weighted by Crippen LogP contribution is -2.39. The molecule has 1 N–H and O–H groups in total. The smallest absolute Gasteiger partial charge is 0.255 e. The number of rotatable bonds is 7. The molecular weight excluding hydrogens is 379 g/mol. The first-order valence-electron chi connectivity index (χ1n) is 7.95. The van der Waals surface area contributed by atoms with E-state index in [1.54, 1.807) is 6.92 Å². The first kappa shape index (κ1) is 20.4. The standard InChI is InChI=1S/C18H20ClFN2O3S/c1-13(14-7-4-3-5-8-14)22(26(2,24)25)12-11-21-18(23)17-15(19)9-6-10-16(17)20/h3-10,13H,11-12H2,1-2H3,(H,21,23). The Morgan fingerprint density at radius 1 is 1.19 bits per heavy atom. The minimum atomic E-state index is -3.51. The number of hydrogen-bond donors (Lipinski definition) is 1. The maximum atomic E-state index is 13.8. The lowest BCUT2D eigenvalue weighted by molar-refractivity contribution is 0.0946. The van der Waals surface area contributed by atoms with Crippen LogP contribution in [-0.4, -0.2) is 38.0 Å². The number of amides is 1. The van der Waals surface area contributed by atoms with Crippen molar-refractivity contribution in [3.8, 4) is 0 Å². The molecule has 0 aliphatic rings. The highest BCUT2D eigenvalue weighted by Crippen LogP contribution is 2.22. The summed E-state index contributed by atoms with van der Waals surface area (Å²) in [7, 11) is -3.51. The molecule has 0 saturated heterocycles. The van der Waals surface area contributed by atoms with Crippen molar-refractivity contribution in [1.29, 1.82) is 0 Å². The number of nitrogens with one attached hydrogen (secondary N) is 1. The summed E-state index contributed by atoms with van der Waals surface area (Å²) < 4.78 is 39.3. The van der Waals surface area contributed by atoms with E-state index in [-0.39, 0.29) is 23.7 Å². The van der Waals surface area contributed by atoms with Crippen LogP contribution in [-0.2, 0) is 10.0 Å². The van der Waals surface area contributed by atoms with E-state index in [9.17, 15) is 17.6 Å². The van der Waals surface area contributed by atoms with Gasteiger partial charge in [-0.3, -0.25) is 4.79 Å². The molecule has 1 amide bonds. The Morgan fingerprint density at radius 2 is 1.85 bits per heavy atom. The van der Waals surface area contributed by atoms with Crippen LogP contribution in [0.5, 0.6) is 0 Å². The Balaban J connectivity index is 2.08. The zero-order valence-corrected chi connectivity index (χ0v) is 16.0. The van der Waals surface area contributed by atoms with E-state index in [1.807, 2.05) is 30.3 Å². The molecule has 0 saturated carbocycles. The topological polar surface area (TPSA) is 66.5 Å². The van der Waals surface area contributed by atoms with Crippen LogP contribution < -0.4 is 5.32 Å².